The fourth-order valence-electron chi connectivity index (χ4n) is 6.61. The molecule has 5 atom stereocenters. The van der Waals surface area contributed by atoms with Gasteiger partial charge in [0.2, 0.25) is 35.4 Å². The van der Waals surface area contributed by atoms with E-state index in [4.69, 9.17) is 16.2 Å². The minimum Gasteiger partial charge on any atom is -0.374 e. The number of primary amides is 1. The molecule has 0 aromatic carbocycles. The molecule has 21 nitrogen and oxygen atoms in total. The summed E-state index contributed by atoms with van der Waals surface area (Å²) in [5.41, 5.74) is 10.6. The van der Waals surface area contributed by atoms with Gasteiger partial charge in [-0.1, -0.05) is 54.4 Å². The van der Waals surface area contributed by atoms with E-state index in [9.17, 15) is 43.2 Å². The quantitative estimate of drug-likeness (QED) is 0.0378. The average molecular weight is 994 g/mol. The van der Waals surface area contributed by atoms with E-state index in [0.29, 0.717) is 43.7 Å². The smallest absolute Gasteiger partial charge is 0.271 e. The first-order valence-electron chi connectivity index (χ1n) is 24.1. The minimum atomic E-state index is -1.03. The number of nitrogens with one attached hydrogen (secondary N) is 6. The lowest BCUT2D eigenvalue weighted by molar-refractivity contribution is -0.137. The maximum atomic E-state index is 13.1. The van der Waals surface area contributed by atoms with Crippen molar-refractivity contribution in [3.8, 4) is 0 Å². The van der Waals surface area contributed by atoms with Crippen LogP contribution < -0.4 is 43.4 Å². The Labute approximate surface area is 413 Å². The highest BCUT2D eigenvalue weighted by molar-refractivity contribution is 7.09. The summed E-state index contributed by atoms with van der Waals surface area (Å²) < 4.78 is 5.76. The summed E-state index contributed by atoms with van der Waals surface area (Å²) in [5.74, 6) is -3.45. The number of nitrogens with zero attached hydrogens (tertiary/aromatic N) is 3. The molecule has 1 aliphatic heterocycles. The second-order valence-electron chi connectivity index (χ2n) is 16.8. The van der Waals surface area contributed by atoms with Gasteiger partial charge in [-0.3, -0.25) is 48.1 Å². The summed E-state index contributed by atoms with van der Waals surface area (Å²) in [6.45, 7) is 14.7. The number of thiazole rings is 1. The van der Waals surface area contributed by atoms with Crippen molar-refractivity contribution < 1.29 is 47.9 Å². The van der Waals surface area contributed by atoms with Crippen LogP contribution >= 0.6 is 11.3 Å². The molecule has 9 amide bonds. The molecule has 4 unspecified atom stereocenters. The monoisotopic (exact) mass is 994 g/mol. The van der Waals surface area contributed by atoms with E-state index >= 15 is 0 Å². The Balaban J connectivity index is 0.00000340. The van der Waals surface area contributed by atoms with Gasteiger partial charge in [0.15, 0.2) is 0 Å². The maximum absolute atomic E-state index is 13.1. The summed E-state index contributed by atoms with van der Waals surface area (Å²) >= 11 is 1.24. The molecule has 0 fully saturated rings. The third-order valence-electron chi connectivity index (χ3n) is 11.0. The normalized spacial score (nSPS) is 13.9. The Morgan fingerprint density at radius 2 is 1.49 bits per heavy atom. The molecule has 2 rings (SSSR count). The minimum absolute atomic E-state index is 0.0485. The van der Waals surface area contributed by atoms with Gasteiger partial charge < -0.3 is 53.0 Å². The number of nitrogens with two attached hydrogens (primary N) is 2. The Morgan fingerprint density at radius 3 is 2.07 bits per heavy atom. The van der Waals surface area contributed by atoms with E-state index in [1.54, 1.807) is 24.4 Å². The Morgan fingerprint density at radius 1 is 0.841 bits per heavy atom. The summed E-state index contributed by atoms with van der Waals surface area (Å²) in [6, 6.07) is -2.09. The lowest BCUT2D eigenvalue weighted by atomic mass is 9.95. The number of imide groups is 1. The summed E-state index contributed by atoms with van der Waals surface area (Å²) in [6.07, 6.45) is 8.66. The molecule has 0 spiro atoms. The first kappa shape index (κ1) is 63.7. The zero-order valence-electron chi connectivity index (χ0n) is 42.7. The van der Waals surface area contributed by atoms with Gasteiger partial charge >= 0.3 is 0 Å². The molecule has 22 heteroatoms. The zero-order valence-corrected chi connectivity index (χ0v) is 43.5. The molecular weight excluding hydrogens is 911 g/mol. The zero-order chi connectivity index (χ0) is 52.5. The fourth-order valence-corrected chi connectivity index (χ4v) is 7.50. The number of ether oxygens (including phenoxy) is 1. The van der Waals surface area contributed by atoms with Crippen molar-refractivity contribution in [1.29, 1.82) is 0 Å². The predicted octanol–water partition coefficient (Wildman–Crippen LogP) is 1.81. The molecule has 392 valence electrons. The van der Waals surface area contributed by atoms with Gasteiger partial charge in [0.1, 0.15) is 28.9 Å². The van der Waals surface area contributed by atoms with Gasteiger partial charge in [0.05, 0.1) is 6.54 Å². The molecular formula is C47H83N11O10S. The highest BCUT2D eigenvalue weighted by Crippen LogP contribution is 2.30. The van der Waals surface area contributed by atoms with Gasteiger partial charge in [-0.05, 0) is 71.0 Å². The van der Waals surface area contributed by atoms with E-state index in [2.05, 4.69) is 50.7 Å². The van der Waals surface area contributed by atoms with E-state index in [1.165, 1.54) is 18.3 Å². The number of amides is 9. The predicted molar refractivity (Wildman–Crippen MR) is 266 cm³/mol. The number of carbonyl (C=O) groups is 9. The van der Waals surface area contributed by atoms with E-state index in [0.717, 1.165) is 49.3 Å². The summed E-state index contributed by atoms with van der Waals surface area (Å²) in [5, 5.41) is 18.1. The van der Waals surface area contributed by atoms with Gasteiger partial charge in [-0.15, -0.1) is 11.3 Å². The fraction of sp³-hybridized carbons (Fsp3) is 0.702. The van der Waals surface area contributed by atoms with Crippen molar-refractivity contribution in [2.75, 3.05) is 60.5 Å². The molecule has 69 heavy (non-hydrogen) atoms. The SMILES string of the molecule is CC.CC[C@H](C)CC(=O)N(C)C(CC(OC)c1nc(C(=O)NC(C)C(=O)NCC(=O)NC(CCCCN)C(=O)NCCNC(=O)CCN2C(=O)C=CC2=O)cs1)C(C)C.CNCCCCCC(N)=O. The topological polar surface area (TPSA) is 306 Å². The van der Waals surface area contributed by atoms with Crippen LogP contribution in [0.2, 0.25) is 0 Å². The molecule has 10 N–H and O–H groups in total. The van der Waals surface area contributed by atoms with Crippen LogP contribution in [-0.2, 0) is 43.1 Å². The van der Waals surface area contributed by atoms with E-state index < -0.39 is 66.1 Å². The average Bonchev–Trinajstić information content (AvgIpc) is 3.94. The first-order valence-corrected chi connectivity index (χ1v) is 25.0. The number of unbranched alkanes of at least 4 members (excludes halogenated alkanes) is 3. The van der Waals surface area contributed by atoms with Crippen molar-refractivity contribution in [3.63, 3.8) is 0 Å². The summed E-state index contributed by atoms with van der Waals surface area (Å²) in [7, 11) is 5.28. The van der Waals surface area contributed by atoms with Crippen molar-refractivity contribution >= 4 is 64.5 Å². The van der Waals surface area contributed by atoms with Crippen LogP contribution in [-0.4, -0.2) is 147 Å². The van der Waals surface area contributed by atoms with Crippen LogP contribution in [0.3, 0.4) is 0 Å². The van der Waals surface area contributed by atoms with Gasteiger partial charge in [0, 0.05) is 83.0 Å². The molecule has 0 aliphatic carbocycles. The molecule has 0 bridgehead atoms. The number of hydrogen-bond donors (Lipinski definition) is 8. The Bertz CT molecular complexity index is 1780. The lowest BCUT2D eigenvalue weighted by Gasteiger charge is -2.34. The molecule has 0 radical (unpaired) electrons. The standard InChI is InChI=1S/C38H61N9O9S.C7H16N2O.C2H6/c1-8-24(4)19-34(52)46(6)28(23(2)3)20-29(56-7)38-45-27(22-57-38)37(55)43-25(5)35(53)42-21-31(49)44-26(11-9-10-15-39)36(54)41-17-16-40-30(48)14-18-47-32(50)12-13-33(47)51;1-9-6-4-2-3-5-7(8)10;1-2/h12-13,22-26,28-29H,8-11,14-21,39H2,1-7H3,(H,40,48)(H,41,54)(H,42,53)(H,43,55)(H,44,49);9H,2-6H2,1H3,(H2,8,10);1-2H3/t24-,25?,26?,28?,29?;;/m0../s1. The Kier molecular flexibility index (Phi) is 33.8. The number of methoxy groups -OCH3 is 1. The van der Waals surface area contributed by atoms with Crippen LogP contribution in [0.25, 0.3) is 0 Å². The largest absolute Gasteiger partial charge is 0.374 e. The molecule has 1 aromatic rings. The molecule has 0 saturated carbocycles. The van der Waals surface area contributed by atoms with Crippen molar-refractivity contribution in [1.82, 2.24) is 46.7 Å². The highest BCUT2D eigenvalue weighted by Gasteiger charge is 2.30. The van der Waals surface area contributed by atoms with E-state index in [1.807, 2.05) is 34.7 Å². The number of aromatic nitrogens is 1. The van der Waals surface area contributed by atoms with Gasteiger partial charge in [0.25, 0.3) is 17.7 Å². The van der Waals surface area contributed by atoms with Gasteiger partial charge in [-0.25, -0.2) is 4.98 Å². The van der Waals surface area contributed by atoms with Crippen LogP contribution in [0.15, 0.2) is 17.5 Å². The third kappa shape index (κ3) is 26.3. The van der Waals surface area contributed by atoms with Gasteiger partial charge in [-0.2, -0.15) is 0 Å². The molecule has 1 aliphatic rings. The van der Waals surface area contributed by atoms with E-state index in [-0.39, 0.29) is 67.9 Å². The van der Waals surface area contributed by atoms with Crippen molar-refractivity contribution in [2.24, 2.45) is 23.3 Å². The lowest BCUT2D eigenvalue weighted by Crippen LogP contribution is -2.52. The second-order valence-corrected chi connectivity index (χ2v) is 17.7. The van der Waals surface area contributed by atoms with Crippen LogP contribution in [0.1, 0.15) is 141 Å². The van der Waals surface area contributed by atoms with Crippen molar-refractivity contribution in [2.45, 2.75) is 143 Å². The molecule has 1 aromatic heterocycles. The third-order valence-corrected chi connectivity index (χ3v) is 11.9. The molecule has 0 saturated heterocycles. The van der Waals surface area contributed by atoms with Crippen LogP contribution in [0, 0.1) is 11.8 Å². The highest BCUT2D eigenvalue weighted by atomic mass is 32.1. The van der Waals surface area contributed by atoms with Crippen molar-refractivity contribution in [3.05, 3.63) is 28.2 Å². The molecule has 2 heterocycles. The maximum Gasteiger partial charge on any atom is 0.271 e. The summed E-state index contributed by atoms with van der Waals surface area (Å²) in [4.78, 5) is 117. The Hall–Kier alpha value is -5.32. The number of hydrogen-bond acceptors (Lipinski definition) is 14. The van der Waals surface area contributed by atoms with Crippen LogP contribution in [0.5, 0.6) is 0 Å². The first-order chi connectivity index (χ1) is 32.8. The van der Waals surface area contributed by atoms with Crippen LogP contribution in [0.4, 0.5) is 0 Å². The number of rotatable bonds is 32. The second kappa shape index (κ2) is 36.6. The number of carbonyl (C=O) groups excluding carboxylic acids is 9.